The Labute approximate surface area is 179 Å². The van der Waals surface area contributed by atoms with E-state index < -0.39 is 7.82 Å². The van der Waals surface area contributed by atoms with Crippen LogP contribution in [0.4, 0.5) is 5.82 Å². The summed E-state index contributed by atoms with van der Waals surface area (Å²) in [6.45, 7) is 5.06. The Morgan fingerprint density at radius 3 is 2.70 bits per heavy atom. The SMILES string of the molecule is CCC/C=C/C(=O)S/C(CCOP(=O)(O)O)=C(/C)N(C=O)Cc1cnc(C)nc1N. The molecular formula is C18H27N4O6PS. The Hall–Kier alpha value is -2.04. The Balaban J connectivity index is 3.10. The summed E-state index contributed by atoms with van der Waals surface area (Å²) in [5, 5.41) is -0.266. The zero-order valence-corrected chi connectivity index (χ0v) is 18.9. The van der Waals surface area contributed by atoms with E-state index in [1.807, 2.05) is 6.92 Å². The van der Waals surface area contributed by atoms with Crippen molar-refractivity contribution < 1.29 is 28.5 Å². The van der Waals surface area contributed by atoms with Gasteiger partial charge in [0.15, 0.2) is 0 Å². The minimum atomic E-state index is -4.65. The molecule has 0 aliphatic heterocycles. The number of nitrogen functional groups attached to an aromatic ring is 1. The lowest BCUT2D eigenvalue weighted by molar-refractivity contribution is -0.117. The van der Waals surface area contributed by atoms with Gasteiger partial charge in [-0.1, -0.05) is 19.4 Å². The van der Waals surface area contributed by atoms with Crippen LogP contribution >= 0.6 is 19.6 Å². The second kappa shape index (κ2) is 12.6. The number of thioether (sulfide) groups is 1. The smallest absolute Gasteiger partial charge is 0.383 e. The van der Waals surface area contributed by atoms with Gasteiger partial charge in [0.25, 0.3) is 0 Å². The maximum absolute atomic E-state index is 12.3. The normalized spacial score (nSPS) is 12.7. The molecule has 0 saturated carbocycles. The highest BCUT2D eigenvalue weighted by molar-refractivity contribution is 8.17. The molecule has 0 bridgehead atoms. The summed E-state index contributed by atoms with van der Waals surface area (Å²) < 4.78 is 15.4. The minimum absolute atomic E-state index is 0.0270. The Morgan fingerprint density at radius 2 is 2.13 bits per heavy atom. The lowest BCUT2D eigenvalue weighted by atomic mass is 10.2. The molecule has 0 aromatic carbocycles. The van der Waals surface area contributed by atoms with E-state index >= 15 is 0 Å². The van der Waals surface area contributed by atoms with Crippen molar-refractivity contribution in [2.24, 2.45) is 0 Å². The quantitative estimate of drug-likeness (QED) is 0.242. The van der Waals surface area contributed by atoms with Crippen LogP contribution in [0.1, 0.15) is 44.5 Å². The fraction of sp³-hybridized carbons (Fsp3) is 0.444. The van der Waals surface area contributed by atoms with Crippen LogP contribution in [0.15, 0.2) is 29.0 Å². The number of nitrogens with zero attached hydrogens (tertiary/aromatic N) is 3. The first kappa shape index (κ1) is 26.0. The molecule has 0 fully saturated rings. The van der Waals surface area contributed by atoms with Crippen molar-refractivity contribution in [3.63, 3.8) is 0 Å². The van der Waals surface area contributed by atoms with Crippen molar-refractivity contribution in [3.8, 4) is 0 Å². The first-order chi connectivity index (χ1) is 14.1. The number of carbonyl (C=O) groups excluding carboxylic acids is 2. The zero-order chi connectivity index (χ0) is 22.7. The fourth-order valence-electron chi connectivity index (χ4n) is 2.28. The van der Waals surface area contributed by atoms with E-state index in [9.17, 15) is 14.2 Å². The second-order valence-corrected chi connectivity index (χ2v) is 8.59. The van der Waals surface area contributed by atoms with E-state index in [0.29, 0.717) is 28.4 Å². The van der Waals surface area contributed by atoms with Gasteiger partial charge in [-0.05, 0) is 38.1 Å². The van der Waals surface area contributed by atoms with E-state index in [0.717, 1.165) is 24.6 Å². The average Bonchev–Trinajstić information content (AvgIpc) is 2.65. The predicted octanol–water partition coefficient (Wildman–Crippen LogP) is 2.67. The third kappa shape index (κ3) is 9.64. The van der Waals surface area contributed by atoms with Gasteiger partial charge in [-0.15, -0.1) is 0 Å². The molecule has 0 aliphatic carbocycles. The summed E-state index contributed by atoms with van der Waals surface area (Å²) in [6, 6.07) is 0. The van der Waals surface area contributed by atoms with E-state index in [2.05, 4.69) is 14.5 Å². The summed E-state index contributed by atoms with van der Waals surface area (Å²) in [7, 11) is -4.65. The minimum Gasteiger partial charge on any atom is -0.383 e. The number of allylic oxidation sites excluding steroid dienone is 2. The van der Waals surface area contributed by atoms with E-state index in [1.165, 1.54) is 17.2 Å². The van der Waals surface area contributed by atoms with Gasteiger partial charge in [0, 0.05) is 28.8 Å². The van der Waals surface area contributed by atoms with Gasteiger partial charge in [0.1, 0.15) is 11.6 Å². The zero-order valence-electron chi connectivity index (χ0n) is 17.1. The molecule has 1 aromatic rings. The summed E-state index contributed by atoms with van der Waals surface area (Å²) >= 11 is 0.873. The molecule has 0 unspecified atom stereocenters. The molecule has 0 radical (unpaired) electrons. The van der Waals surface area contributed by atoms with Gasteiger partial charge in [-0.2, -0.15) is 0 Å². The number of anilines is 1. The van der Waals surface area contributed by atoms with Gasteiger partial charge in [-0.25, -0.2) is 14.5 Å². The number of aryl methyl sites for hydroxylation is 1. The number of phosphoric ester groups is 1. The number of hydrogen-bond donors (Lipinski definition) is 3. The Bertz CT molecular complexity index is 855. The first-order valence-electron chi connectivity index (χ1n) is 9.15. The highest BCUT2D eigenvalue weighted by Gasteiger charge is 2.18. The number of amides is 1. The second-order valence-electron chi connectivity index (χ2n) is 6.26. The van der Waals surface area contributed by atoms with Crippen LogP contribution in [0.25, 0.3) is 0 Å². The number of unbranched alkanes of at least 4 members (excludes halogenated alkanes) is 1. The Kier molecular flexibility index (Phi) is 10.9. The maximum Gasteiger partial charge on any atom is 0.469 e. The van der Waals surface area contributed by atoms with Gasteiger partial charge in [-0.3, -0.25) is 14.1 Å². The van der Waals surface area contributed by atoms with Crippen LogP contribution in [-0.2, 0) is 25.2 Å². The third-order valence-corrected chi connectivity index (χ3v) is 5.44. The number of hydrogen-bond acceptors (Lipinski definition) is 8. The molecular weight excluding hydrogens is 431 g/mol. The molecule has 1 heterocycles. The van der Waals surface area contributed by atoms with Gasteiger partial charge in [0.2, 0.25) is 11.5 Å². The fourth-order valence-corrected chi connectivity index (χ4v) is 3.46. The number of phosphoric acid groups is 1. The summed E-state index contributed by atoms with van der Waals surface area (Å²) in [6.07, 6.45) is 6.95. The molecule has 12 heteroatoms. The van der Waals surface area contributed by atoms with Crippen LogP contribution in [0.3, 0.4) is 0 Å². The first-order valence-corrected chi connectivity index (χ1v) is 11.5. The molecule has 10 nitrogen and oxygen atoms in total. The van der Waals surface area contributed by atoms with Crippen molar-refractivity contribution in [1.29, 1.82) is 0 Å². The number of aromatic nitrogens is 2. The Morgan fingerprint density at radius 1 is 1.43 bits per heavy atom. The standard InChI is InChI=1S/C18H27N4O6PS/c1-4-5-6-7-17(24)30-16(8-9-28-29(25,26)27)13(2)22(12-23)11-15-10-20-14(3)21-18(15)19/h6-7,10,12H,4-5,8-9,11H2,1-3H3,(H2,19,20,21)(H2,25,26,27)/b7-6+,16-13-. The van der Waals surface area contributed by atoms with E-state index in [4.69, 9.17) is 15.5 Å². The molecule has 30 heavy (non-hydrogen) atoms. The van der Waals surface area contributed by atoms with Crippen molar-refractivity contribution >= 4 is 36.9 Å². The van der Waals surface area contributed by atoms with E-state index in [-0.39, 0.29) is 30.5 Å². The molecule has 0 saturated heterocycles. The van der Waals surface area contributed by atoms with Gasteiger partial charge in [0.05, 0.1) is 13.2 Å². The number of rotatable bonds is 12. The van der Waals surface area contributed by atoms with Gasteiger partial charge < -0.3 is 20.4 Å². The number of carbonyl (C=O) groups is 2. The molecule has 1 rings (SSSR count). The summed E-state index contributed by atoms with van der Waals surface area (Å²) in [5.74, 6) is 0.733. The van der Waals surface area contributed by atoms with Crippen molar-refractivity contribution in [2.75, 3.05) is 12.3 Å². The summed E-state index contributed by atoms with van der Waals surface area (Å²) in [5.41, 5.74) is 6.85. The monoisotopic (exact) mass is 458 g/mol. The van der Waals surface area contributed by atoms with Crippen LogP contribution in [-0.4, -0.2) is 42.8 Å². The van der Waals surface area contributed by atoms with Crippen LogP contribution in [0.2, 0.25) is 0 Å². The molecule has 0 atom stereocenters. The summed E-state index contributed by atoms with van der Waals surface area (Å²) in [4.78, 5) is 51.6. The third-order valence-electron chi connectivity index (χ3n) is 3.84. The maximum atomic E-state index is 12.3. The van der Waals surface area contributed by atoms with Crippen molar-refractivity contribution in [1.82, 2.24) is 14.9 Å². The largest absolute Gasteiger partial charge is 0.469 e. The van der Waals surface area contributed by atoms with Crippen LogP contribution < -0.4 is 5.73 Å². The van der Waals surface area contributed by atoms with E-state index in [1.54, 1.807) is 19.9 Å². The van der Waals surface area contributed by atoms with Crippen LogP contribution in [0.5, 0.6) is 0 Å². The molecule has 166 valence electrons. The molecule has 1 aromatic heterocycles. The average molecular weight is 458 g/mol. The molecule has 1 amide bonds. The molecule has 0 aliphatic rings. The van der Waals surface area contributed by atoms with Crippen molar-refractivity contribution in [2.45, 2.75) is 46.6 Å². The topological polar surface area (TPSA) is 156 Å². The predicted molar refractivity (Wildman–Crippen MR) is 115 cm³/mol. The highest BCUT2D eigenvalue weighted by atomic mass is 32.2. The lowest BCUT2D eigenvalue weighted by Gasteiger charge is -2.22. The lowest BCUT2D eigenvalue weighted by Crippen LogP contribution is -2.22. The molecule has 0 spiro atoms. The van der Waals surface area contributed by atoms with Gasteiger partial charge >= 0.3 is 7.82 Å². The highest BCUT2D eigenvalue weighted by Crippen LogP contribution is 2.37. The van der Waals surface area contributed by atoms with Crippen molar-refractivity contribution in [3.05, 3.63) is 40.3 Å². The molecule has 4 N–H and O–H groups in total. The number of nitrogens with two attached hydrogens (primary N) is 1. The van der Waals surface area contributed by atoms with Crippen LogP contribution in [0, 0.1) is 6.92 Å².